The average Bonchev–Trinajstić information content (AvgIpc) is 3.42. The normalized spacial score (nSPS) is 20.6. The van der Waals surface area contributed by atoms with Gasteiger partial charge in [0, 0.05) is 43.4 Å². The second-order valence-corrected chi connectivity index (χ2v) is 10.6. The zero-order valence-electron chi connectivity index (χ0n) is 20.8. The molecule has 0 bridgehead atoms. The number of hydrogen-bond acceptors (Lipinski definition) is 3. The molecule has 1 unspecified atom stereocenters. The van der Waals surface area contributed by atoms with E-state index < -0.39 is 0 Å². The molecular weight excluding hydrogens is 432 g/mol. The lowest BCUT2D eigenvalue weighted by atomic mass is 9.74. The molecule has 3 aliphatic rings. The van der Waals surface area contributed by atoms with Gasteiger partial charge < -0.3 is 4.90 Å². The van der Waals surface area contributed by atoms with E-state index in [1.807, 2.05) is 37.0 Å². The van der Waals surface area contributed by atoms with Crippen molar-refractivity contribution in [3.63, 3.8) is 0 Å². The summed E-state index contributed by atoms with van der Waals surface area (Å²) in [5.74, 6) is 0.0247. The number of hydrogen-bond donors (Lipinski definition) is 0. The van der Waals surface area contributed by atoms with Gasteiger partial charge in [-0.2, -0.15) is 5.10 Å². The van der Waals surface area contributed by atoms with Crippen molar-refractivity contribution >= 4 is 12.0 Å². The number of carbonyl (C=O) groups is 1. The highest BCUT2D eigenvalue weighted by molar-refractivity contribution is 5.94. The molecule has 1 fully saturated rings. The van der Waals surface area contributed by atoms with Crippen molar-refractivity contribution in [1.29, 1.82) is 0 Å². The first kappa shape index (κ1) is 22.3. The van der Waals surface area contributed by atoms with E-state index in [-0.39, 0.29) is 11.3 Å². The van der Waals surface area contributed by atoms with E-state index in [0.717, 1.165) is 37.9 Å². The van der Waals surface area contributed by atoms with Crippen LogP contribution in [0.25, 0.3) is 6.08 Å². The van der Waals surface area contributed by atoms with E-state index in [1.165, 1.54) is 35.2 Å². The number of rotatable bonds is 4. The molecule has 2 heterocycles. The second-order valence-electron chi connectivity index (χ2n) is 10.6. The van der Waals surface area contributed by atoms with Gasteiger partial charge in [-0.1, -0.05) is 66.7 Å². The molecule has 0 saturated carbocycles. The SMILES string of the molecule is CN(Cc1ccccc1)C(=O)c1nn(C)c2c1CC(N1CCC3(C=Cc4ccccc43)CC1)CC2. The third kappa shape index (κ3) is 3.92. The Hall–Kier alpha value is -3.18. The Balaban J connectivity index is 1.16. The van der Waals surface area contributed by atoms with E-state index in [4.69, 9.17) is 5.10 Å². The van der Waals surface area contributed by atoms with Gasteiger partial charge in [-0.05, 0) is 61.9 Å². The van der Waals surface area contributed by atoms with Crippen molar-refractivity contribution in [1.82, 2.24) is 19.6 Å². The largest absolute Gasteiger partial charge is 0.336 e. The number of likely N-dealkylation sites (tertiary alicyclic amines) is 1. The Kier molecular flexibility index (Phi) is 5.60. The zero-order chi connectivity index (χ0) is 24.0. The van der Waals surface area contributed by atoms with Crippen LogP contribution >= 0.6 is 0 Å². The van der Waals surface area contributed by atoms with E-state index in [1.54, 1.807) is 4.90 Å². The lowest BCUT2D eigenvalue weighted by Gasteiger charge is -2.43. The van der Waals surface area contributed by atoms with Crippen LogP contribution in [0.3, 0.4) is 0 Å². The Morgan fingerprint density at radius 2 is 1.83 bits per heavy atom. The molecule has 3 aromatic rings. The summed E-state index contributed by atoms with van der Waals surface area (Å²) in [5, 5.41) is 4.72. The summed E-state index contributed by atoms with van der Waals surface area (Å²) in [4.78, 5) is 17.9. The maximum Gasteiger partial charge on any atom is 0.274 e. The van der Waals surface area contributed by atoms with Gasteiger partial charge in [0.05, 0.1) is 0 Å². The lowest BCUT2D eigenvalue weighted by molar-refractivity contribution is 0.0775. The van der Waals surface area contributed by atoms with Crippen molar-refractivity contribution in [3.8, 4) is 0 Å². The highest BCUT2D eigenvalue weighted by atomic mass is 16.2. The number of aryl methyl sites for hydroxylation is 1. The standard InChI is InChI=1S/C30H34N4O/c1-32(21-22-8-4-3-5-9-22)29(35)28-25-20-24(12-13-27(25)33(2)31-28)34-18-16-30(17-19-34)15-14-23-10-6-7-11-26(23)30/h3-11,14-15,24H,12-13,16-21H2,1-2H3. The minimum absolute atomic E-state index is 0.0247. The number of piperidine rings is 1. The van der Waals surface area contributed by atoms with Gasteiger partial charge in [0.15, 0.2) is 5.69 Å². The quantitative estimate of drug-likeness (QED) is 0.564. The van der Waals surface area contributed by atoms with Gasteiger partial charge >= 0.3 is 0 Å². The van der Waals surface area contributed by atoms with Gasteiger partial charge in [-0.25, -0.2) is 0 Å². The van der Waals surface area contributed by atoms with E-state index >= 15 is 0 Å². The summed E-state index contributed by atoms with van der Waals surface area (Å²) in [6.45, 7) is 2.81. The number of allylic oxidation sites excluding steroid dienone is 1. The average molecular weight is 467 g/mol. The Morgan fingerprint density at radius 3 is 2.63 bits per heavy atom. The van der Waals surface area contributed by atoms with Gasteiger partial charge in [0.2, 0.25) is 0 Å². The predicted octanol–water partition coefficient (Wildman–Crippen LogP) is 4.61. The minimum atomic E-state index is 0.0247. The fourth-order valence-corrected chi connectivity index (χ4v) is 6.52. The van der Waals surface area contributed by atoms with Gasteiger partial charge in [-0.15, -0.1) is 0 Å². The molecule has 5 heteroatoms. The van der Waals surface area contributed by atoms with Crippen LogP contribution in [-0.4, -0.2) is 51.7 Å². The Labute approximate surface area is 208 Å². The molecule has 2 aromatic carbocycles. The van der Waals surface area contributed by atoms with Crippen molar-refractivity contribution in [2.24, 2.45) is 7.05 Å². The fraction of sp³-hybridized carbons (Fsp3) is 0.400. The van der Waals surface area contributed by atoms with Crippen molar-refractivity contribution in [3.05, 3.63) is 94.3 Å². The molecule has 35 heavy (non-hydrogen) atoms. The summed E-state index contributed by atoms with van der Waals surface area (Å²) >= 11 is 0. The second kappa shape index (κ2) is 8.80. The molecule has 2 aliphatic carbocycles. The molecule has 1 saturated heterocycles. The minimum Gasteiger partial charge on any atom is -0.336 e. The third-order valence-corrected chi connectivity index (χ3v) is 8.53. The lowest BCUT2D eigenvalue weighted by Crippen LogP contribution is -2.48. The molecule has 1 atom stereocenters. The number of carbonyl (C=O) groups excluding carboxylic acids is 1. The molecule has 1 spiro atoms. The Morgan fingerprint density at radius 1 is 1.09 bits per heavy atom. The summed E-state index contributed by atoms with van der Waals surface area (Å²) in [5.41, 5.74) is 7.29. The molecule has 0 N–H and O–H groups in total. The topological polar surface area (TPSA) is 41.4 Å². The highest BCUT2D eigenvalue weighted by Gasteiger charge is 2.40. The molecule has 180 valence electrons. The highest BCUT2D eigenvalue weighted by Crippen LogP contribution is 2.44. The molecule has 6 rings (SSSR count). The number of nitrogens with zero attached hydrogens (tertiary/aromatic N) is 4. The summed E-state index contributed by atoms with van der Waals surface area (Å²) < 4.78 is 1.95. The molecule has 5 nitrogen and oxygen atoms in total. The van der Waals surface area contributed by atoms with Crippen LogP contribution in [0.15, 0.2) is 60.7 Å². The molecule has 1 amide bonds. The summed E-state index contributed by atoms with van der Waals surface area (Å²) in [7, 11) is 3.87. The van der Waals surface area contributed by atoms with Crippen LogP contribution in [-0.2, 0) is 31.8 Å². The van der Waals surface area contributed by atoms with E-state index in [9.17, 15) is 4.79 Å². The van der Waals surface area contributed by atoms with Crippen molar-refractivity contribution in [2.75, 3.05) is 20.1 Å². The third-order valence-electron chi connectivity index (χ3n) is 8.53. The zero-order valence-corrected chi connectivity index (χ0v) is 20.8. The van der Waals surface area contributed by atoms with E-state index in [2.05, 4.69) is 53.5 Å². The molecule has 1 aromatic heterocycles. The van der Waals surface area contributed by atoms with Crippen LogP contribution in [0, 0.1) is 0 Å². The summed E-state index contributed by atoms with van der Waals surface area (Å²) in [6, 6.07) is 19.5. The van der Waals surface area contributed by atoms with Crippen molar-refractivity contribution < 1.29 is 4.79 Å². The molecule has 1 aliphatic heterocycles. The molecular formula is C30H34N4O. The number of fused-ring (bicyclic) bond motifs is 3. The van der Waals surface area contributed by atoms with Gasteiger partial charge in [-0.3, -0.25) is 14.4 Å². The number of amides is 1. The first-order valence-electron chi connectivity index (χ1n) is 12.9. The van der Waals surface area contributed by atoms with Crippen LogP contribution in [0.5, 0.6) is 0 Å². The summed E-state index contributed by atoms with van der Waals surface area (Å²) in [6.07, 6.45) is 10.2. The van der Waals surface area contributed by atoms with Gasteiger partial charge in [0.25, 0.3) is 5.91 Å². The van der Waals surface area contributed by atoms with Crippen molar-refractivity contribution in [2.45, 2.75) is 50.1 Å². The fourth-order valence-electron chi connectivity index (χ4n) is 6.52. The predicted molar refractivity (Wildman–Crippen MR) is 139 cm³/mol. The first-order chi connectivity index (χ1) is 17.0. The number of benzene rings is 2. The Bertz CT molecular complexity index is 1270. The number of aromatic nitrogens is 2. The van der Waals surface area contributed by atoms with E-state index in [0.29, 0.717) is 18.3 Å². The molecule has 0 radical (unpaired) electrons. The van der Waals surface area contributed by atoms with Crippen LogP contribution < -0.4 is 0 Å². The monoisotopic (exact) mass is 466 g/mol. The van der Waals surface area contributed by atoms with Crippen LogP contribution in [0.1, 0.15) is 57.7 Å². The smallest absolute Gasteiger partial charge is 0.274 e. The maximum atomic E-state index is 13.4. The maximum absolute atomic E-state index is 13.4. The van der Waals surface area contributed by atoms with Crippen LogP contribution in [0.2, 0.25) is 0 Å². The van der Waals surface area contributed by atoms with Crippen LogP contribution in [0.4, 0.5) is 0 Å². The van der Waals surface area contributed by atoms with Gasteiger partial charge in [0.1, 0.15) is 0 Å². The first-order valence-corrected chi connectivity index (χ1v) is 12.9.